The van der Waals surface area contributed by atoms with Crippen molar-refractivity contribution in [2.24, 2.45) is 0 Å². The first-order chi connectivity index (χ1) is 6.66. The van der Waals surface area contributed by atoms with Crippen molar-refractivity contribution in [3.63, 3.8) is 0 Å². The molecular formula is C8H4BrClN2O2. The van der Waals surface area contributed by atoms with Gasteiger partial charge in [-0.2, -0.15) is 0 Å². The van der Waals surface area contributed by atoms with Crippen molar-refractivity contribution in [1.29, 1.82) is 0 Å². The zero-order valence-electron chi connectivity index (χ0n) is 6.75. The summed E-state index contributed by atoms with van der Waals surface area (Å²) in [6, 6.07) is 5.24. The summed E-state index contributed by atoms with van der Waals surface area (Å²) < 4.78 is 5.23. The smallest absolute Gasteiger partial charge is 0.296 e. The topological polar surface area (TPSA) is 58.9 Å². The molecule has 0 aliphatic carbocycles. The molecule has 0 saturated heterocycles. The molecule has 72 valence electrons. The molecule has 0 unspecified atom stereocenters. The number of aromatic amines is 1. The standard InChI is InChI=1S/C8H4BrClN2O2/c9-4-1-2-6(10)5(3-4)7-11-8(13)14-12-7/h1-3H,(H,11,12,13). The number of benzene rings is 1. The SMILES string of the molecule is O=c1[nH]c(-c2cc(Br)ccc2Cl)no1. The van der Waals surface area contributed by atoms with Crippen LogP contribution in [-0.4, -0.2) is 10.1 Å². The van der Waals surface area contributed by atoms with E-state index in [1.54, 1.807) is 18.2 Å². The summed E-state index contributed by atoms with van der Waals surface area (Å²) in [5, 5.41) is 4.04. The Hall–Kier alpha value is -1.07. The third-order valence-electron chi connectivity index (χ3n) is 1.62. The average molecular weight is 275 g/mol. The third kappa shape index (κ3) is 1.73. The highest BCUT2D eigenvalue weighted by Crippen LogP contribution is 2.27. The Morgan fingerprint density at radius 3 is 2.93 bits per heavy atom. The lowest BCUT2D eigenvalue weighted by Crippen LogP contribution is -1.95. The van der Waals surface area contributed by atoms with Gasteiger partial charge in [0.05, 0.1) is 5.02 Å². The van der Waals surface area contributed by atoms with Crippen molar-refractivity contribution in [1.82, 2.24) is 10.1 Å². The second kappa shape index (κ2) is 3.59. The second-order valence-corrected chi connectivity index (χ2v) is 3.89. The lowest BCUT2D eigenvalue weighted by molar-refractivity contribution is 0.388. The predicted octanol–water partition coefficient (Wildman–Crippen LogP) is 2.45. The molecule has 1 aromatic heterocycles. The van der Waals surface area contributed by atoms with Crippen LogP contribution >= 0.6 is 27.5 Å². The predicted molar refractivity (Wildman–Crippen MR) is 55.3 cm³/mol. The number of halogens is 2. The van der Waals surface area contributed by atoms with Crippen molar-refractivity contribution in [3.8, 4) is 11.4 Å². The summed E-state index contributed by atoms with van der Waals surface area (Å²) in [4.78, 5) is 13.1. The fourth-order valence-electron chi connectivity index (χ4n) is 1.02. The summed E-state index contributed by atoms with van der Waals surface area (Å²) in [6.07, 6.45) is 0. The molecule has 0 aliphatic heterocycles. The Bertz CT molecular complexity index is 520. The highest BCUT2D eigenvalue weighted by atomic mass is 79.9. The fraction of sp³-hybridized carbons (Fsp3) is 0. The van der Waals surface area contributed by atoms with E-state index in [1.807, 2.05) is 0 Å². The number of aromatic nitrogens is 2. The molecule has 1 N–H and O–H groups in total. The van der Waals surface area contributed by atoms with Gasteiger partial charge in [0.15, 0.2) is 5.82 Å². The molecule has 2 aromatic rings. The van der Waals surface area contributed by atoms with Crippen LogP contribution < -0.4 is 5.76 Å². The quantitative estimate of drug-likeness (QED) is 0.869. The summed E-state index contributed by atoms with van der Waals surface area (Å²) in [7, 11) is 0. The molecule has 0 spiro atoms. The summed E-state index contributed by atoms with van der Waals surface area (Å²) in [6.45, 7) is 0. The molecule has 0 fully saturated rings. The maximum absolute atomic E-state index is 10.7. The van der Waals surface area contributed by atoms with E-state index in [4.69, 9.17) is 11.6 Å². The van der Waals surface area contributed by atoms with E-state index >= 15 is 0 Å². The first kappa shape index (κ1) is 9.48. The average Bonchev–Trinajstić information content (AvgIpc) is 2.56. The maximum Gasteiger partial charge on any atom is 0.439 e. The van der Waals surface area contributed by atoms with Gasteiger partial charge in [-0.3, -0.25) is 9.51 Å². The molecule has 0 bridgehead atoms. The summed E-state index contributed by atoms with van der Waals surface area (Å²) in [5.41, 5.74) is 0.617. The maximum atomic E-state index is 10.7. The molecule has 0 amide bonds. The van der Waals surface area contributed by atoms with Crippen molar-refractivity contribution in [3.05, 3.63) is 38.2 Å². The molecular weight excluding hydrogens is 271 g/mol. The van der Waals surface area contributed by atoms with Crippen LogP contribution in [0.3, 0.4) is 0 Å². The van der Waals surface area contributed by atoms with Gasteiger partial charge < -0.3 is 0 Å². The molecule has 6 heteroatoms. The van der Waals surface area contributed by atoms with Crippen LogP contribution in [0.15, 0.2) is 32.0 Å². The Balaban J connectivity index is 2.61. The van der Waals surface area contributed by atoms with Crippen molar-refractivity contribution in [2.45, 2.75) is 0 Å². The Morgan fingerprint density at radius 1 is 1.50 bits per heavy atom. The van der Waals surface area contributed by atoms with Crippen LogP contribution in [-0.2, 0) is 0 Å². The number of nitrogens with one attached hydrogen (secondary N) is 1. The zero-order valence-corrected chi connectivity index (χ0v) is 9.09. The summed E-state index contributed by atoms with van der Waals surface area (Å²) in [5.74, 6) is -0.280. The van der Waals surface area contributed by atoms with Crippen LogP contribution in [0, 0.1) is 0 Å². The molecule has 14 heavy (non-hydrogen) atoms. The van der Waals surface area contributed by atoms with E-state index in [9.17, 15) is 4.79 Å². The minimum Gasteiger partial charge on any atom is -0.296 e. The van der Waals surface area contributed by atoms with Gasteiger partial charge in [0.2, 0.25) is 0 Å². The Morgan fingerprint density at radius 2 is 2.29 bits per heavy atom. The van der Waals surface area contributed by atoms with Crippen LogP contribution in [0.25, 0.3) is 11.4 Å². The van der Waals surface area contributed by atoms with E-state index in [2.05, 4.69) is 30.6 Å². The molecule has 1 aromatic carbocycles. The molecule has 0 saturated carbocycles. The number of hydrogen-bond acceptors (Lipinski definition) is 3. The van der Waals surface area contributed by atoms with Gasteiger partial charge in [0.25, 0.3) is 0 Å². The van der Waals surface area contributed by atoms with Gasteiger partial charge in [0.1, 0.15) is 0 Å². The van der Waals surface area contributed by atoms with E-state index in [0.29, 0.717) is 16.4 Å². The molecule has 0 aliphatic rings. The zero-order chi connectivity index (χ0) is 10.1. The van der Waals surface area contributed by atoms with Crippen LogP contribution in [0.4, 0.5) is 0 Å². The summed E-state index contributed by atoms with van der Waals surface area (Å²) >= 11 is 9.21. The van der Waals surface area contributed by atoms with E-state index in [0.717, 1.165) is 4.47 Å². The highest BCUT2D eigenvalue weighted by Gasteiger charge is 2.08. The van der Waals surface area contributed by atoms with Gasteiger partial charge in [-0.25, -0.2) is 4.79 Å². The first-order valence-electron chi connectivity index (χ1n) is 3.68. The van der Waals surface area contributed by atoms with Crippen LogP contribution in [0.2, 0.25) is 5.02 Å². The van der Waals surface area contributed by atoms with E-state index < -0.39 is 5.76 Å². The van der Waals surface area contributed by atoms with Crippen molar-refractivity contribution < 1.29 is 4.52 Å². The fourth-order valence-corrected chi connectivity index (χ4v) is 1.59. The lowest BCUT2D eigenvalue weighted by Gasteiger charge is -1.98. The molecule has 4 nitrogen and oxygen atoms in total. The van der Waals surface area contributed by atoms with Crippen LogP contribution in [0.5, 0.6) is 0 Å². The lowest BCUT2D eigenvalue weighted by atomic mass is 10.2. The second-order valence-electron chi connectivity index (χ2n) is 2.57. The van der Waals surface area contributed by atoms with Crippen LogP contribution in [0.1, 0.15) is 0 Å². The van der Waals surface area contributed by atoms with Gasteiger partial charge in [-0.15, -0.1) is 0 Å². The Labute approximate surface area is 92.0 Å². The van der Waals surface area contributed by atoms with Crippen molar-refractivity contribution in [2.75, 3.05) is 0 Å². The molecule has 0 atom stereocenters. The largest absolute Gasteiger partial charge is 0.439 e. The number of H-pyrrole nitrogens is 1. The van der Waals surface area contributed by atoms with Crippen molar-refractivity contribution >= 4 is 27.5 Å². The molecule has 2 rings (SSSR count). The van der Waals surface area contributed by atoms with Gasteiger partial charge in [-0.1, -0.05) is 32.7 Å². The monoisotopic (exact) mass is 274 g/mol. The van der Waals surface area contributed by atoms with Gasteiger partial charge >= 0.3 is 5.76 Å². The Kier molecular flexibility index (Phi) is 2.43. The minimum absolute atomic E-state index is 0.321. The van der Waals surface area contributed by atoms with Gasteiger partial charge in [0, 0.05) is 10.0 Å². The molecule has 1 heterocycles. The van der Waals surface area contributed by atoms with E-state index in [-0.39, 0.29) is 0 Å². The minimum atomic E-state index is -0.601. The van der Waals surface area contributed by atoms with Gasteiger partial charge in [-0.05, 0) is 18.2 Å². The first-order valence-corrected chi connectivity index (χ1v) is 4.85. The third-order valence-corrected chi connectivity index (χ3v) is 2.45. The highest BCUT2D eigenvalue weighted by molar-refractivity contribution is 9.10. The molecule has 0 radical (unpaired) electrons. The normalized spacial score (nSPS) is 10.4. The van der Waals surface area contributed by atoms with E-state index in [1.165, 1.54) is 0 Å². The number of nitrogens with zero attached hydrogens (tertiary/aromatic N) is 1. The number of hydrogen-bond donors (Lipinski definition) is 1. The number of rotatable bonds is 1.